The molecule has 0 fully saturated rings. The zero-order chi connectivity index (χ0) is 14.6. The third-order valence-corrected chi connectivity index (χ3v) is 3.91. The first-order valence-corrected chi connectivity index (χ1v) is 7.74. The van der Waals surface area contributed by atoms with Crippen molar-refractivity contribution in [1.82, 2.24) is 15.1 Å². The summed E-state index contributed by atoms with van der Waals surface area (Å²) in [6.07, 6.45) is 1.11. The van der Waals surface area contributed by atoms with Crippen LogP contribution in [0.2, 0.25) is 0 Å². The molecule has 4 nitrogen and oxygen atoms in total. The number of aliphatic hydroxyl groups is 1. The Hall–Kier alpha value is -0.390. The molecular formula is C14H26BrN3O. The Balaban J connectivity index is 2.73. The predicted molar refractivity (Wildman–Crippen MR) is 82.4 cm³/mol. The van der Waals surface area contributed by atoms with Crippen LogP contribution in [0.15, 0.2) is 4.47 Å². The van der Waals surface area contributed by atoms with Crippen LogP contribution in [0.25, 0.3) is 0 Å². The third-order valence-electron chi connectivity index (χ3n) is 2.99. The molecule has 0 aliphatic carbocycles. The highest BCUT2D eigenvalue weighted by Crippen LogP contribution is 2.23. The number of nitrogens with one attached hydrogen (secondary N) is 1. The molecule has 0 spiro atoms. The van der Waals surface area contributed by atoms with Crippen molar-refractivity contribution in [1.29, 1.82) is 0 Å². The molecule has 0 aliphatic heterocycles. The molecule has 0 radical (unpaired) electrons. The van der Waals surface area contributed by atoms with E-state index in [2.05, 4.69) is 61.0 Å². The Morgan fingerprint density at radius 1 is 1.37 bits per heavy atom. The average molecular weight is 332 g/mol. The maximum atomic E-state index is 10.2. The van der Waals surface area contributed by atoms with Crippen LogP contribution in [0.5, 0.6) is 0 Å². The SMILES string of the molecule is CCc1nn(CC)c(CC(O)CNC(C)(C)C)c1Br. The summed E-state index contributed by atoms with van der Waals surface area (Å²) in [6, 6.07) is 0. The number of aryl methyl sites for hydroxylation is 2. The molecule has 1 aromatic rings. The van der Waals surface area contributed by atoms with Crippen LogP contribution >= 0.6 is 15.9 Å². The van der Waals surface area contributed by atoms with Gasteiger partial charge in [-0.05, 0) is 50.0 Å². The van der Waals surface area contributed by atoms with Gasteiger partial charge in [0.1, 0.15) is 0 Å². The van der Waals surface area contributed by atoms with Crippen LogP contribution in [-0.2, 0) is 19.4 Å². The molecule has 5 heteroatoms. The summed E-state index contributed by atoms with van der Waals surface area (Å²) in [4.78, 5) is 0. The molecule has 0 aromatic carbocycles. The molecule has 0 saturated heterocycles. The van der Waals surface area contributed by atoms with Crippen molar-refractivity contribution in [2.24, 2.45) is 0 Å². The van der Waals surface area contributed by atoms with E-state index >= 15 is 0 Å². The largest absolute Gasteiger partial charge is 0.391 e. The van der Waals surface area contributed by atoms with Crippen LogP contribution < -0.4 is 5.32 Å². The highest BCUT2D eigenvalue weighted by atomic mass is 79.9. The van der Waals surface area contributed by atoms with Gasteiger partial charge < -0.3 is 10.4 Å². The van der Waals surface area contributed by atoms with E-state index in [4.69, 9.17) is 0 Å². The monoisotopic (exact) mass is 331 g/mol. The smallest absolute Gasteiger partial charge is 0.0766 e. The lowest BCUT2D eigenvalue weighted by molar-refractivity contribution is 0.158. The summed E-state index contributed by atoms with van der Waals surface area (Å²) in [5, 5.41) is 18.0. The Morgan fingerprint density at radius 2 is 2.00 bits per heavy atom. The van der Waals surface area contributed by atoms with E-state index in [1.54, 1.807) is 0 Å². The lowest BCUT2D eigenvalue weighted by atomic mass is 10.1. The van der Waals surface area contributed by atoms with Crippen molar-refractivity contribution in [2.45, 2.75) is 65.6 Å². The topological polar surface area (TPSA) is 50.1 Å². The van der Waals surface area contributed by atoms with Gasteiger partial charge >= 0.3 is 0 Å². The maximum Gasteiger partial charge on any atom is 0.0766 e. The van der Waals surface area contributed by atoms with Crippen molar-refractivity contribution in [3.8, 4) is 0 Å². The van der Waals surface area contributed by atoms with Gasteiger partial charge in [0.15, 0.2) is 0 Å². The molecule has 1 heterocycles. The number of halogens is 1. The molecule has 0 bridgehead atoms. The number of hydrogen-bond acceptors (Lipinski definition) is 3. The summed E-state index contributed by atoms with van der Waals surface area (Å²) in [6.45, 7) is 11.9. The zero-order valence-corrected chi connectivity index (χ0v) is 14.2. The van der Waals surface area contributed by atoms with E-state index in [1.165, 1.54) is 0 Å². The fraction of sp³-hybridized carbons (Fsp3) is 0.786. The van der Waals surface area contributed by atoms with Gasteiger partial charge in [0, 0.05) is 25.0 Å². The normalized spacial score (nSPS) is 13.8. The van der Waals surface area contributed by atoms with Gasteiger partial charge in [-0.2, -0.15) is 5.10 Å². The molecule has 0 amide bonds. The van der Waals surface area contributed by atoms with E-state index < -0.39 is 6.10 Å². The van der Waals surface area contributed by atoms with Gasteiger partial charge in [-0.3, -0.25) is 4.68 Å². The molecule has 1 rings (SSSR count). The van der Waals surface area contributed by atoms with Gasteiger partial charge in [-0.15, -0.1) is 0 Å². The van der Waals surface area contributed by atoms with Gasteiger partial charge in [0.2, 0.25) is 0 Å². The van der Waals surface area contributed by atoms with Crippen LogP contribution in [0.1, 0.15) is 46.0 Å². The fourth-order valence-corrected chi connectivity index (χ4v) is 2.66. The van der Waals surface area contributed by atoms with E-state index in [1.807, 2.05) is 4.68 Å². The van der Waals surface area contributed by atoms with Crippen molar-refractivity contribution in [3.05, 3.63) is 15.9 Å². The number of rotatable bonds is 6. The second-order valence-electron chi connectivity index (χ2n) is 5.87. The summed E-state index contributed by atoms with van der Waals surface area (Å²) in [5.41, 5.74) is 2.17. The van der Waals surface area contributed by atoms with Gasteiger partial charge in [-0.1, -0.05) is 6.92 Å². The Kier molecular flexibility index (Phi) is 6.02. The molecule has 0 aliphatic rings. The zero-order valence-electron chi connectivity index (χ0n) is 12.6. The van der Waals surface area contributed by atoms with Crippen LogP contribution in [-0.4, -0.2) is 33.1 Å². The van der Waals surface area contributed by atoms with Crippen LogP contribution in [0.4, 0.5) is 0 Å². The van der Waals surface area contributed by atoms with Gasteiger partial charge in [0.25, 0.3) is 0 Å². The fourth-order valence-electron chi connectivity index (χ4n) is 1.93. The number of aliphatic hydroxyl groups excluding tert-OH is 1. The Bertz CT molecular complexity index is 410. The molecule has 110 valence electrons. The Morgan fingerprint density at radius 3 is 2.47 bits per heavy atom. The van der Waals surface area contributed by atoms with Crippen LogP contribution in [0, 0.1) is 0 Å². The van der Waals surface area contributed by atoms with Crippen LogP contribution in [0.3, 0.4) is 0 Å². The molecule has 1 aromatic heterocycles. The number of aromatic nitrogens is 2. The molecule has 2 N–H and O–H groups in total. The second kappa shape index (κ2) is 6.86. The maximum absolute atomic E-state index is 10.2. The first-order chi connectivity index (χ1) is 8.78. The van der Waals surface area contributed by atoms with E-state index in [0.717, 1.165) is 28.8 Å². The highest BCUT2D eigenvalue weighted by Gasteiger charge is 2.18. The van der Waals surface area contributed by atoms with E-state index in [0.29, 0.717) is 13.0 Å². The molecule has 1 atom stereocenters. The summed E-state index contributed by atoms with van der Waals surface area (Å²) in [5.74, 6) is 0. The minimum absolute atomic E-state index is 0.0256. The van der Waals surface area contributed by atoms with Gasteiger partial charge in [-0.25, -0.2) is 0 Å². The average Bonchev–Trinajstić information content (AvgIpc) is 2.63. The number of nitrogens with zero attached hydrogens (tertiary/aromatic N) is 2. The highest BCUT2D eigenvalue weighted by molar-refractivity contribution is 9.10. The van der Waals surface area contributed by atoms with Crippen molar-refractivity contribution in [2.75, 3.05) is 6.54 Å². The van der Waals surface area contributed by atoms with E-state index in [9.17, 15) is 5.11 Å². The Labute approximate surface area is 124 Å². The van der Waals surface area contributed by atoms with Crippen molar-refractivity contribution in [3.63, 3.8) is 0 Å². The number of β-amino-alcohol motifs (C(OH)–C–C–N with tert-alkyl or cyclic N) is 1. The quantitative estimate of drug-likeness (QED) is 0.842. The predicted octanol–water partition coefficient (Wildman–Crippen LogP) is 2.52. The number of hydrogen-bond donors (Lipinski definition) is 2. The standard InChI is InChI=1S/C14H26BrN3O/c1-6-11-13(15)12(18(7-2)17-11)8-10(19)9-16-14(3,4)5/h10,16,19H,6-9H2,1-5H3. The molecule has 1 unspecified atom stereocenters. The molecular weight excluding hydrogens is 306 g/mol. The minimum Gasteiger partial charge on any atom is -0.391 e. The van der Waals surface area contributed by atoms with Gasteiger partial charge in [0.05, 0.1) is 22.0 Å². The molecule has 19 heavy (non-hydrogen) atoms. The molecule has 0 saturated carbocycles. The second-order valence-corrected chi connectivity index (χ2v) is 6.66. The lowest BCUT2D eigenvalue weighted by Gasteiger charge is -2.23. The first kappa shape index (κ1) is 16.7. The minimum atomic E-state index is -0.401. The van der Waals surface area contributed by atoms with Crippen molar-refractivity contribution >= 4 is 15.9 Å². The summed E-state index contributed by atoms with van der Waals surface area (Å²) in [7, 11) is 0. The van der Waals surface area contributed by atoms with E-state index in [-0.39, 0.29) is 5.54 Å². The summed E-state index contributed by atoms with van der Waals surface area (Å²) < 4.78 is 3.02. The lowest BCUT2D eigenvalue weighted by Crippen LogP contribution is -2.41. The van der Waals surface area contributed by atoms with Crippen molar-refractivity contribution < 1.29 is 5.11 Å². The first-order valence-electron chi connectivity index (χ1n) is 6.95. The summed E-state index contributed by atoms with van der Waals surface area (Å²) >= 11 is 3.61. The third kappa shape index (κ3) is 4.89.